The lowest BCUT2D eigenvalue weighted by atomic mass is 9.97. The zero-order valence-electron chi connectivity index (χ0n) is 21.7. The summed E-state index contributed by atoms with van der Waals surface area (Å²) in [5.41, 5.74) is 4.49. The fourth-order valence-corrected chi connectivity index (χ4v) is 4.36. The Morgan fingerprint density at radius 2 is 1.36 bits per heavy atom. The molecule has 1 atom stereocenters. The molecule has 0 heterocycles. The summed E-state index contributed by atoms with van der Waals surface area (Å²) in [6.07, 6.45) is 9.71. The van der Waals surface area contributed by atoms with Crippen molar-refractivity contribution in [3.8, 4) is 16.9 Å². The number of esters is 1. The van der Waals surface area contributed by atoms with Crippen LogP contribution in [0, 0.1) is 5.92 Å². The van der Waals surface area contributed by atoms with Gasteiger partial charge in [0.25, 0.3) is 0 Å². The molecule has 0 fully saturated rings. The third-order valence-electron chi connectivity index (χ3n) is 6.71. The highest BCUT2D eigenvalue weighted by molar-refractivity contribution is 6.32. The Hall–Kier alpha value is -2.91. The van der Waals surface area contributed by atoms with Crippen LogP contribution >= 0.6 is 11.6 Å². The van der Waals surface area contributed by atoms with Crippen molar-refractivity contribution in [2.24, 2.45) is 5.92 Å². The number of benzene rings is 3. The van der Waals surface area contributed by atoms with Gasteiger partial charge in [-0.25, -0.2) is 4.79 Å². The van der Waals surface area contributed by atoms with Crippen LogP contribution in [0.1, 0.15) is 92.0 Å². The molecule has 0 bridgehead atoms. The number of Topliss-reactive ketones (excluding diaryl/α,β-unsaturated/α-hetero) is 1. The third-order valence-corrected chi connectivity index (χ3v) is 7.00. The molecule has 36 heavy (non-hydrogen) atoms. The van der Waals surface area contributed by atoms with Crippen LogP contribution in [-0.4, -0.2) is 11.8 Å². The smallest absolute Gasteiger partial charge is 0.343 e. The second kappa shape index (κ2) is 14.0. The second-order valence-electron chi connectivity index (χ2n) is 9.50. The molecule has 0 aliphatic heterocycles. The first-order valence-electron chi connectivity index (χ1n) is 13.2. The lowest BCUT2D eigenvalue weighted by molar-refractivity contribution is 0.0735. The van der Waals surface area contributed by atoms with Gasteiger partial charge < -0.3 is 4.74 Å². The Balaban J connectivity index is 1.56. The Bertz CT molecular complexity index is 1130. The summed E-state index contributed by atoms with van der Waals surface area (Å²) in [4.78, 5) is 25.0. The van der Waals surface area contributed by atoms with Crippen molar-refractivity contribution in [2.45, 2.75) is 72.1 Å². The quantitative estimate of drug-likeness (QED) is 0.101. The van der Waals surface area contributed by atoms with Crippen molar-refractivity contribution in [2.75, 3.05) is 0 Å². The van der Waals surface area contributed by atoms with Gasteiger partial charge in [-0.3, -0.25) is 4.79 Å². The van der Waals surface area contributed by atoms with Crippen molar-refractivity contribution in [1.82, 2.24) is 0 Å². The zero-order chi connectivity index (χ0) is 25.9. The van der Waals surface area contributed by atoms with Crippen LogP contribution in [0.2, 0.25) is 5.02 Å². The Kier molecular flexibility index (Phi) is 10.8. The molecule has 1 unspecified atom stereocenters. The average Bonchev–Trinajstić information content (AvgIpc) is 2.91. The summed E-state index contributed by atoms with van der Waals surface area (Å²) in [6, 6.07) is 20.8. The molecule has 4 heteroatoms. The number of carbonyl (C=O) groups excluding carboxylic acids is 2. The van der Waals surface area contributed by atoms with Gasteiger partial charge in [-0.15, -0.1) is 0 Å². The number of unbranched alkanes of at least 4 members (excludes halogenated alkanes) is 5. The topological polar surface area (TPSA) is 43.4 Å². The van der Waals surface area contributed by atoms with Gasteiger partial charge in [-0.1, -0.05) is 101 Å². The van der Waals surface area contributed by atoms with Gasteiger partial charge in [0.1, 0.15) is 5.75 Å². The molecule has 0 saturated carbocycles. The molecular formula is C32H37ClO3. The second-order valence-corrected chi connectivity index (χ2v) is 9.91. The molecule has 0 amide bonds. The van der Waals surface area contributed by atoms with E-state index in [1.165, 1.54) is 44.1 Å². The van der Waals surface area contributed by atoms with Crippen LogP contribution < -0.4 is 4.74 Å². The maximum Gasteiger partial charge on any atom is 0.343 e. The summed E-state index contributed by atoms with van der Waals surface area (Å²) in [5, 5.41) is 0.246. The van der Waals surface area contributed by atoms with Crippen LogP contribution in [0.15, 0.2) is 66.7 Å². The average molecular weight is 505 g/mol. The van der Waals surface area contributed by atoms with Crippen molar-refractivity contribution < 1.29 is 14.3 Å². The summed E-state index contributed by atoms with van der Waals surface area (Å²) in [6.45, 7) is 6.10. The highest BCUT2D eigenvalue weighted by Crippen LogP contribution is 2.28. The van der Waals surface area contributed by atoms with Gasteiger partial charge in [0, 0.05) is 11.5 Å². The molecule has 3 nitrogen and oxygen atoms in total. The molecule has 0 aliphatic carbocycles. The molecule has 0 spiro atoms. The first-order valence-corrected chi connectivity index (χ1v) is 13.6. The predicted molar refractivity (Wildman–Crippen MR) is 149 cm³/mol. The molecule has 0 radical (unpaired) electrons. The van der Waals surface area contributed by atoms with E-state index in [1.54, 1.807) is 30.3 Å². The molecule has 190 valence electrons. The number of ketones is 1. The summed E-state index contributed by atoms with van der Waals surface area (Å²) >= 11 is 6.30. The minimum atomic E-state index is -0.487. The Labute approximate surface area is 220 Å². The highest BCUT2D eigenvalue weighted by Gasteiger charge is 2.17. The molecule has 3 rings (SSSR count). The normalized spacial score (nSPS) is 11.8. The summed E-state index contributed by atoms with van der Waals surface area (Å²) < 4.78 is 5.50. The number of ether oxygens (including phenoxy) is 1. The lowest BCUT2D eigenvalue weighted by Crippen LogP contribution is -2.11. The maximum atomic E-state index is 12.7. The minimum absolute atomic E-state index is 0.0308. The number of halogens is 1. The van der Waals surface area contributed by atoms with E-state index >= 15 is 0 Å². The van der Waals surface area contributed by atoms with E-state index in [-0.39, 0.29) is 22.5 Å². The van der Waals surface area contributed by atoms with Crippen LogP contribution in [0.3, 0.4) is 0 Å². The van der Waals surface area contributed by atoms with Crippen LogP contribution in [0.25, 0.3) is 11.1 Å². The first-order chi connectivity index (χ1) is 17.4. The number of rotatable bonds is 13. The number of carbonyl (C=O) groups is 2. The standard InChI is InChI=1S/C32H37ClO3/c1-4-6-7-8-9-10-11-24-12-14-25(15-13-24)26-16-18-27(19-17-26)32(35)36-30-21-20-28(22-29(30)33)31(34)23(3)5-2/h12-23H,4-11H2,1-3H3. The van der Waals surface area contributed by atoms with Gasteiger partial charge in [0.15, 0.2) is 5.78 Å². The molecule has 0 N–H and O–H groups in total. The van der Waals surface area contributed by atoms with E-state index < -0.39 is 5.97 Å². The van der Waals surface area contributed by atoms with Gasteiger partial charge in [0.2, 0.25) is 0 Å². The first kappa shape index (κ1) is 27.7. The fraction of sp³-hybridized carbons (Fsp3) is 0.375. The van der Waals surface area contributed by atoms with Gasteiger partial charge in [0.05, 0.1) is 10.6 Å². The van der Waals surface area contributed by atoms with Gasteiger partial charge >= 0.3 is 5.97 Å². The van der Waals surface area contributed by atoms with E-state index in [0.29, 0.717) is 11.1 Å². The number of aryl methyl sites for hydroxylation is 1. The zero-order valence-corrected chi connectivity index (χ0v) is 22.4. The van der Waals surface area contributed by atoms with Crippen molar-refractivity contribution in [3.63, 3.8) is 0 Å². The molecule has 3 aromatic carbocycles. The summed E-state index contributed by atoms with van der Waals surface area (Å²) in [7, 11) is 0. The van der Waals surface area contributed by atoms with Crippen molar-refractivity contribution in [3.05, 3.63) is 88.4 Å². The SMILES string of the molecule is CCCCCCCCc1ccc(-c2ccc(C(=O)Oc3ccc(C(=O)C(C)CC)cc3Cl)cc2)cc1. The molecular weight excluding hydrogens is 468 g/mol. The van der Waals surface area contributed by atoms with E-state index in [9.17, 15) is 9.59 Å². The van der Waals surface area contributed by atoms with Crippen molar-refractivity contribution >= 4 is 23.4 Å². The fourth-order valence-electron chi connectivity index (χ4n) is 4.14. The monoisotopic (exact) mass is 504 g/mol. The largest absolute Gasteiger partial charge is 0.421 e. The highest BCUT2D eigenvalue weighted by atomic mass is 35.5. The van der Waals surface area contributed by atoms with Crippen LogP contribution in [0.5, 0.6) is 5.75 Å². The molecule has 3 aromatic rings. The maximum absolute atomic E-state index is 12.7. The van der Waals surface area contributed by atoms with E-state index in [4.69, 9.17) is 16.3 Å². The Morgan fingerprint density at radius 1 is 0.778 bits per heavy atom. The van der Waals surface area contributed by atoms with Crippen LogP contribution in [0.4, 0.5) is 0 Å². The molecule has 0 saturated heterocycles. The minimum Gasteiger partial charge on any atom is -0.421 e. The van der Waals surface area contributed by atoms with Crippen molar-refractivity contribution in [1.29, 1.82) is 0 Å². The Morgan fingerprint density at radius 3 is 1.97 bits per heavy atom. The van der Waals surface area contributed by atoms with E-state index in [2.05, 4.69) is 31.2 Å². The van der Waals surface area contributed by atoms with Crippen LogP contribution in [-0.2, 0) is 6.42 Å². The molecule has 0 aromatic heterocycles. The predicted octanol–water partition coefficient (Wildman–Crippen LogP) is 9.36. The third kappa shape index (κ3) is 7.80. The summed E-state index contributed by atoms with van der Waals surface area (Å²) in [5.74, 6) is -0.293. The molecule has 0 aliphatic rings. The lowest BCUT2D eigenvalue weighted by Gasteiger charge is -2.11. The van der Waals surface area contributed by atoms with E-state index in [0.717, 1.165) is 24.0 Å². The van der Waals surface area contributed by atoms with Gasteiger partial charge in [-0.2, -0.15) is 0 Å². The number of hydrogen-bond donors (Lipinski definition) is 0. The number of hydrogen-bond acceptors (Lipinski definition) is 3. The van der Waals surface area contributed by atoms with E-state index in [1.807, 2.05) is 26.0 Å². The van der Waals surface area contributed by atoms with Gasteiger partial charge in [-0.05, 0) is 66.3 Å².